The molecule has 1 aromatic carbocycles. The predicted molar refractivity (Wildman–Crippen MR) is 94.5 cm³/mol. The summed E-state index contributed by atoms with van der Waals surface area (Å²) in [6.45, 7) is 0.545. The van der Waals surface area contributed by atoms with Crippen LogP contribution in [0.25, 0.3) is 0 Å². The first-order chi connectivity index (χ1) is 12.9. The Kier molecular flexibility index (Phi) is 10.9. The SMILES string of the molecule is COCCCCC(NC(=O)[C@H]1O[C@@H]1C(=O)[O-])C(=O)[C@@H](N)Cc1ccccc1.[Na+]. The fourth-order valence-electron chi connectivity index (χ4n) is 2.85. The summed E-state index contributed by atoms with van der Waals surface area (Å²) >= 11 is 0. The number of carboxylic acids is 1. The van der Waals surface area contributed by atoms with Gasteiger partial charge in [-0.1, -0.05) is 30.3 Å². The Morgan fingerprint density at radius 2 is 1.89 bits per heavy atom. The zero-order valence-electron chi connectivity index (χ0n) is 16.3. The Balaban J connectivity index is 0.00000392. The number of nitrogens with two attached hydrogens (primary N) is 1. The van der Waals surface area contributed by atoms with Gasteiger partial charge in [-0.2, -0.15) is 0 Å². The number of hydrogen-bond donors (Lipinski definition) is 2. The van der Waals surface area contributed by atoms with E-state index >= 15 is 0 Å². The van der Waals surface area contributed by atoms with Gasteiger partial charge in [-0.25, -0.2) is 0 Å². The molecule has 0 saturated carbocycles. The molecular formula is C19H25N2NaO6. The van der Waals surface area contributed by atoms with Crippen LogP contribution < -0.4 is 45.7 Å². The van der Waals surface area contributed by atoms with Crippen LogP contribution in [0.2, 0.25) is 0 Å². The third kappa shape index (κ3) is 7.62. The molecule has 4 atom stereocenters. The topological polar surface area (TPSA) is 134 Å². The maximum atomic E-state index is 12.8. The molecule has 0 bridgehead atoms. The van der Waals surface area contributed by atoms with Crippen LogP contribution in [-0.2, 0) is 30.3 Å². The summed E-state index contributed by atoms with van der Waals surface area (Å²) in [6, 6.07) is 7.77. The number of amides is 1. The normalized spacial score (nSPS) is 19.8. The molecule has 0 aromatic heterocycles. The van der Waals surface area contributed by atoms with Crippen LogP contribution in [0.4, 0.5) is 0 Å². The minimum absolute atomic E-state index is 0. The molecule has 8 nitrogen and oxygen atoms in total. The minimum Gasteiger partial charge on any atom is -0.547 e. The van der Waals surface area contributed by atoms with Crippen LogP contribution in [0.15, 0.2) is 30.3 Å². The summed E-state index contributed by atoms with van der Waals surface area (Å²) in [6.07, 6.45) is -0.254. The van der Waals surface area contributed by atoms with Crippen LogP contribution in [0.5, 0.6) is 0 Å². The van der Waals surface area contributed by atoms with E-state index in [4.69, 9.17) is 15.2 Å². The molecule has 1 amide bonds. The molecule has 1 aliphatic rings. The van der Waals surface area contributed by atoms with Gasteiger partial charge in [0.2, 0.25) is 0 Å². The number of Topliss-reactive ketones (excluding diaryl/α,β-unsaturated/α-hetero) is 1. The molecule has 1 unspecified atom stereocenters. The van der Waals surface area contributed by atoms with Gasteiger partial charge in [-0.05, 0) is 31.2 Å². The smallest absolute Gasteiger partial charge is 0.547 e. The van der Waals surface area contributed by atoms with Gasteiger partial charge >= 0.3 is 29.6 Å². The fourth-order valence-corrected chi connectivity index (χ4v) is 2.85. The molecule has 1 aromatic rings. The van der Waals surface area contributed by atoms with E-state index in [-0.39, 0.29) is 35.3 Å². The Morgan fingerprint density at radius 1 is 1.21 bits per heavy atom. The van der Waals surface area contributed by atoms with Crippen molar-refractivity contribution in [2.45, 2.75) is 50.0 Å². The predicted octanol–water partition coefficient (Wildman–Crippen LogP) is -4.05. The molecule has 3 N–H and O–H groups in total. The molecule has 28 heavy (non-hydrogen) atoms. The standard InChI is InChI=1S/C19H26N2O6.Na/c1-26-10-6-5-9-14(21-18(23)16-17(27-16)19(24)25)15(22)13(20)11-12-7-3-2-4-8-12;/h2-4,7-8,13-14,16-17H,5-6,9-11,20H2,1H3,(H,21,23)(H,24,25);/q;+1/p-1/t13-,14?,16-,17-;/m0./s1. The third-order valence-electron chi connectivity index (χ3n) is 4.40. The van der Waals surface area contributed by atoms with Crippen molar-refractivity contribution in [1.82, 2.24) is 5.32 Å². The molecule has 2 rings (SSSR count). The number of rotatable bonds is 12. The number of carbonyl (C=O) groups excluding carboxylic acids is 3. The Labute approximate surface area is 186 Å². The first-order valence-electron chi connectivity index (χ1n) is 8.93. The Morgan fingerprint density at radius 3 is 2.46 bits per heavy atom. The first-order valence-corrected chi connectivity index (χ1v) is 8.93. The first kappa shape index (κ1) is 24.7. The minimum atomic E-state index is -1.45. The number of hydrogen-bond acceptors (Lipinski definition) is 7. The molecule has 1 aliphatic heterocycles. The van der Waals surface area contributed by atoms with Gasteiger partial charge in [-0.15, -0.1) is 0 Å². The second-order valence-corrected chi connectivity index (χ2v) is 6.54. The zero-order chi connectivity index (χ0) is 19.8. The van der Waals surface area contributed by atoms with Crippen molar-refractivity contribution in [2.24, 2.45) is 5.73 Å². The van der Waals surface area contributed by atoms with Gasteiger partial charge in [0.05, 0.1) is 18.1 Å². The van der Waals surface area contributed by atoms with Gasteiger partial charge < -0.3 is 30.4 Å². The van der Waals surface area contributed by atoms with Crippen molar-refractivity contribution in [3.05, 3.63) is 35.9 Å². The van der Waals surface area contributed by atoms with Crippen LogP contribution in [0, 0.1) is 0 Å². The van der Waals surface area contributed by atoms with Crippen LogP contribution >= 0.6 is 0 Å². The number of carbonyl (C=O) groups is 3. The molecule has 0 aliphatic carbocycles. The van der Waals surface area contributed by atoms with Crippen molar-refractivity contribution in [3.63, 3.8) is 0 Å². The van der Waals surface area contributed by atoms with E-state index in [0.29, 0.717) is 25.9 Å². The Hall–Kier alpha value is -1.29. The average molecular weight is 400 g/mol. The maximum absolute atomic E-state index is 12.8. The summed E-state index contributed by atoms with van der Waals surface area (Å²) in [7, 11) is 1.59. The van der Waals surface area contributed by atoms with Gasteiger partial charge in [0.25, 0.3) is 5.91 Å². The number of carboxylic acid groups (broad SMARTS) is 1. The number of ketones is 1. The van der Waals surface area contributed by atoms with Gasteiger partial charge in [0, 0.05) is 13.7 Å². The van der Waals surface area contributed by atoms with Gasteiger partial charge in [0.15, 0.2) is 11.9 Å². The molecule has 9 heteroatoms. The third-order valence-corrected chi connectivity index (χ3v) is 4.40. The molecule has 1 fully saturated rings. The Bertz CT molecular complexity index is 657. The number of nitrogens with one attached hydrogen (secondary N) is 1. The maximum Gasteiger partial charge on any atom is 1.00 e. The van der Waals surface area contributed by atoms with Crippen LogP contribution in [0.1, 0.15) is 24.8 Å². The molecule has 148 valence electrons. The van der Waals surface area contributed by atoms with Gasteiger partial charge in [-0.3, -0.25) is 9.59 Å². The molecular weight excluding hydrogens is 375 g/mol. The van der Waals surface area contributed by atoms with E-state index in [1.807, 2.05) is 30.3 Å². The van der Waals surface area contributed by atoms with E-state index in [1.165, 1.54) is 0 Å². The van der Waals surface area contributed by atoms with E-state index in [9.17, 15) is 19.5 Å². The monoisotopic (exact) mass is 400 g/mol. The van der Waals surface area contributed by atoms with Crippen molar-refractivity contribution in [3.8, 4) is 0 Å². The van der Waals surface area contributed by atoms with Crippen molar-refractivity contribution >= 4 is 17.7 Å². The summed E-state index contributed by atoms with van der Waals surface area (Å²) in [4.78, 5) is 35.7. The average Bonchev–Trinajstić information content (AvgIpc) is 3.45. The summed E-state index contributed by atoms with van der Waals surface area (Å²) < 4.78 is 9.77. The number of methoxy groups -OCH3 is 1. The fraction of sp³-hybridized carbons (Fsp3) is 0.526. The summed E-state index contributed by atoms with van der Waals surface area (Å²) in [5.74, 6) is -2.38. The van der Waals surface area contributed by atoms with E-state index < -0.39 is 36.2 Å². The molecule has 0 spiro atoms. The van der Waals surface area contributed by atoms with Crippen molar-refractivity contribution in [2.75, 3.05) is 13.7 Å². The van der Waals surface area contributed by atoms with E-state index in [0.717, 1.165) is 12.0 Å². The summed E-state index contributed by atoms with van der Waals surface area (Å²) in [5, 5.41) is 13.3. The number of epoxide rings is 1. The van der Waals surface area contributed by atoms with Crippen LogP contribution in [-0.4, -0.2) is 55.7 Å². The molecule has 1 heterocycles. The molecule has 1 saturated heterocycles. The number of ether oxygens (including phenoxy) is 2. The summed E-state index contributed by atoms with van der Waals surface area (Å²) in [5.41, 5.74) is 6.98. The van der Waals surface area contributed by atoms with Crippen molar-refractivity contribution in [1.29, 1.82) is 0 Å². The number of benzene rings is 1. The van der Waals surface area contributed by atoms with E-state index in [1.54, 1.807) is 7.11 Å². The van der Waals surface area contributed by atoms with E-state index in [2.05, 4.69) is 5.32 Å². The second-order valence-electron chi connectivity index (χ2n) is 6.54. The second kappa shape index (κ2) is 12.3. The largest absolute Gasteiger partial charge is 1.00 e. The molecule has 0 radical (unpaired) electrons. The zero-order valence-corrected chi connectivity index (χ0v) is 18.3. The quantitative estimate of drug-likeness (QED) is 0.207. The number of unbranched alkanes of at least 4 members (excludes halogenated alkanes) is 1. The van der Waals surface area contributed by atoms with Crippen LogP contribution in [0.3, 0.4) is 0 Å². The van der Waals surface area contributed by atoms with Crippen molar-refractivity contribution < 1.29 is 58.5 Å². The number of aliphatic carboxylic acids is 1. The van der Waals surface area contributed by atoms with Gasteiger partial charge in [0.1, 0.15) is 6.10 Å².